The van der Waals surface area contributed by atoms with Crippen LogP contribution in [0.3, 0.4) is 0 Å². The summed E-state index contributed by atoms with van der Waals surface area (Å²) >= 11 is 0. The van der Waals surface area contributed by atoms with Gasteiger partial charge in [-0.2, -0.15) is 0 Å². The monoisotopic (exact) mass is 263 g/mol. The van der Waals surface area contributed by atoms with Crippen molar-refractivity contribution in [1.82, 2.24) is 5.32 Å². The molecule has 1 saturated carbocycles. The first-order chi connectivity index (χ1) is 7.83. The molecule has 0 aliphatic heterocycles. The van der Waals surface area contributed by atoms with Crippen molar-refractivity contribution < 1.29 is 13.2 Å². The van der Waals surface area contributed by atoms with E-state index in [4.69, 9.17) is 4.74 Å². The van der Waals surface area contributed by atoms with Gasteiger partial charge in [-0.3, -0.25) is 0 Å². The zero-order chi connectivity index (χ0) is 13.1. The lowest BCUT2D eigenvalue weighted by molar-refractivity contribution is -0.125. The molecule has 0 bridgehead atoms. The van der Waals surface area contributed by atoms with Crippen molar-refractivity contribution in [3.8, 4) is 0 Å². The van der Waals surface area contributed by atoms with Crippen LogP contribution in [-0.4, -0.2) is 45.7 Å². The Balaban J connectivity index is 2.41. The van der Waals surface area contributed by atoms with E-state index in [-0.39, 0.29) is 11.2 Å². The maximum Gasteiger partial charge on any atom is 0.148 e. The molecule has 5 heteroatoms. The summed E-state index contributed by atoms with van der Waals surface area (Å²) in [7, 11) is -2.87. The summed E-state index contributed by atoms with van der Waals surface area (Å²) in [5, 5.41) is 3.35. The second-order valence-corrected chi connectivity index (χ2v) is 7.44. The van der Waals surface area contributed by atoms with Crippen LogP contribution < -0.4 is 5.32 Å². The molecule has 0 amide bonds. The molecule has 0 radical (unpaired) electrons. The van der Waals surface area contributed by atoms with Crippen LogP contribution in [-0.2, 0) is 14.6 Å². The normalized spacial score (nSPS) is 33.4. The third kappa shape index (κ3) is 3.66. The third-order valence-electron chi connectivity index (χ3n) is 3.97. The molecule has 1 fully saturated rings. The maximum absolute atomic E-state index is 11.1. The Morgan fingerprint density at radius 3 is 2.53 bits per heavy atom. The van der Waals surface area contributed by atoms with Gasteiger partial charge in [-0.05, 0) is 19.8 Å². The minimum atomic E-state index is -2.87. The van der Waals surface area contributed by atoms with Gasteiger partial charge in [0.05, 0.1) is 11.9 Å². The van der Waals surface area contributed by atoms with E-state index in [2.05, 4.69) is 19.2 Å². The van der Waals surface area contributed by atoms with E-state index in [0.717, 1.165) is 19.4 Å². The fourth-order valence-corrected chi connectivity index (χ4v) is 2.97. The van der Waals surface area contributed by atoms with E-state index in [9.17, 15) is 8.42 Å². The van der Waals surface area contributed by atoms with Gasteiger partial charge < -0.3 is 10.1 Å². The van der Waals surface area contributed by atoms with Crippen molar-refractivity contribution in [1.29, 1.82) is 0 Å². The summed E-state index contributed by atoms with van der Waals surface area (Å²) in [6.45, 7) is 7.68. The molecular formula is C12H25NO3S. The van der Waals surface area contributed by atoms with Crippen LogP contribution in [0.4, 0.5) is 0 Å². The Morgan fingerprint density at radius 2 is 2.06 bits per heavy atom. The lowest BCUT2D eigenvalue weighted by atomic mass is 9.61. The van der Waals surface area contributed by atoms with Gasteiger partial charge in [-0.1, -0.05) is 13.8 Å². The topological polar surface area (TPSA) is 55.4 Å². The van der Waals surface area contributed by atoms with Gasteiger partial charge in [-0.15, -0.1) is 0 Å². The quantitative estimate of drug-likeness (QED) is 0.750. The van der Waals surface area contributed by atoms with Gasteiger partial charge in [0.2, 0.25) is 0 Å². The van der Waals surface area contributed by atoms with Crippen molar-refractivity contribution in [2.75, 3.05) is 25.2 Å². The Bertz CT molecular complexity index is 342. The summed E-state index contributed by atoms with van der Waals surface area (Å²) in [6, 6.07) is 0.380. The number of nitrogens with one attached hydrogen (secondary N) is 1. The number of hydrogen-bond donors (Lipinski definition) is 1. The number of hydrogen-bond acceptors (Lipinski definition) is 4. The minimum absolute atomic E-state index is 0.146. The Morgan fingerprint density at radius 1 is 1.41 bits per heavy atom. The van der Waals surface area contributed by atoms with E-state index < -0.39 is 9.84 Å². The highest BCUT2D eigenvalue weighted by molar-refractivity contribution is 7.90. The Hall–Kier alpha value is -0.130. The molecule has 0 aromatic rings. The minimum Gasteiger partial charge on any atom is -0.378 e. The fourth-order valence-electron chi connectivity index (χ4n) is 2.49. The molecule has 102 valence electrons. The highest BCUT2D eigenvalue weighted by atomic mass is 32.2. The molecule has 1 aliphatic carbocycles. The summed E-state index contributed by atoms with van der Waals surface area (Å²) < 4.78 is 27.8. The second-order valence-electron chi connectivity index (χ2n) is 5.18. The molecule has 4 nitrogen and oxygen atoms in total. The van der Waals surface area contributed by atoms with Crippen molar-refractivity contribution in [2.45, 2.75) is 45.8 Å². The molecule has 3 unspecified atom stereocenters. The van der Waals surface area contributed by atoms with E-state index >= 15 is 0 Å². The zero-order valence-corrected chi connectivity index (χ0v) is 12.1. The molecule has 3 atom stereocenters. The van der Waals surface area contributed by atoms with Gasteiger partial charge in [0, 0.05) is 30.9 Å². The van der Waals surface area contributed by atoms with E-state index in [1.54, 1.807) is 0 Å². The SMILES string of the molecule is CCOC1CC(NCCS(C)(=O)=O)C1(C)CC. The molecule has 0 spiro atoms. The predicted molar refractivity (Wildman–Crippen MR) is 69.9 cm³/mol. The van der Waals surface area contributed by atoms with Gasteiger partial charge in [-0.25, -0.2) is 8.42 Å². The maximum atomic E-state index is 11.1. The largest absolute Gasteiger partial charge is 0.378 e. The van der Waals surface area contributed by atoms with Gasteiger partial charge >= 0.3 is 0 Å². The molecule has 1 rings (SSSR count). The van der Waals surface area contributed by atoms with Crippen molar-refractivity contribution in [2.24, 2.45) is 5.41 Å². The molecule has 0 saturated heterocycles. The standard InChI is InChI=1S/C12H25NO3S/c1-5-12(3)10(9-11(12)16-6-2)13-7-8-17(4,14)15/h10-11,13H,5-9H2,1-4H3. The summed E-state index contributed by atoms with van der Waals surface area (Å²) in [4.78, 5) is 0. The summed E-state index contributed by atoms with van der Waals surface area (Å²) in [5.74, 6) is 0.211. The lowest BCUT2D eigenvalue weighted by Gasteiger charge is -2.53. The van der Waals surface area contributed by atoms with E-state index in [1.165, 1.54) is 6.26 Å². The third-order valence-corrected chi connectivity index (χ3v) is 4.92. The average molecular weight is 263 g/mol. The number of rotatable bonds is 7. The average Bonchev–Trinajstić information content (AvgIpc) is 2.24. The van der Waals surface area contributed by atoms with Crippen LogP contribution in [0.25, 0.3) is 0 Å². The molecule has 0 heterocycles. The van der Waals surface area contributed by atoms with Crippen LogP contribution in [0, 0.1) is 5.41 Å². The second kappa shape index (κ2) is 5.67. The van der Waals surface area contributed by atoms with Crippen LogP contribution >= 0.6 is 0 Å². The Labute approximate surface area is 105 Å². The molecule has 0 aromatic heterocycles. The summed E-state index contributed by atoms with van der Waals surface area (Å²) in [6.07, 6.45) is 3.63. The molecule has 17 heavy (non-hydrogen) atoms. The van der Waals surface area contributed by atoms with Crippen molar-refractivity contribution >= 4 is 9.84 Å². The number of ether oxygens (including phenoxy) is 1. The zero-order valence-electron chi connectivity index (χ0n) is 11.3. The van der Waals surface area contributed by atoms with Crippen LogP contribution in [0.5, 0.6) is 0 Å². The lowest BCUT2D eigenvalue weighted by Crippen LogP contribution is -2.62. The first-order valence-corrected chi connectivity index (χ1v) is 8.42. The van der Waals surface area contributed by atoms with Crippen molar-refractivity contribution in [3.63, 3.8) is 0 Å². The van der Waals surface area contributed by atoms with E-state index in [0.29, 0.717) is 18.7 Å². The molecule has 1 aliphatic rings. The molecule has 0 aromatic carbocycles. The van der Waals surface area contributed by atoms with Crippen LogP contribution in [0.1, 0.15) is 33.6 Å². The molecule has 1 N–H and O–H groups in total. The van der Waals surface area contributed by atoms with Gasteiger partial charge in [0.15, 0.2) is 0 Å². The van der Waals surface area contributed by atoms with Crippen LogP contribution in [0.2, 0.25) is 0 Å². The van der Waals surface area contributed by atoms with Crippen LogP contribution in [0.15, 0.2) is 0 Å². The first kappa shape index (κ1) is 14.9. The smallest absolute Gasteiger partial charge is 0.148 e. The Kier molecular flexibility index (Phi) is 4.98. The predicted octanol–water partition coefficient (Wildman–Crippen LogP) is 1.21. The highest BCUT2D eigenvalue weighted by Crippen LogP contribution is 2.45. The first-order valence-electron chi connectivity index (χ1n) is 6.36. The molecular weight excluding hydrogens is 238 g/mol. The summed E-state index contributed by atoms with van der Waals surface area (Å²) in [5.41, 5.74) is 0.146. The van der Waals surface area contributed by atoms with Gasteiger partial charge in [0.25, 0.3) is 0 Å². The van der Waals surface area contributed by atoms with Crippen molar-refractivity contribution in [3.05, 3.63) is 0 Å². The van der Waals surface area contributed by atoms with E-state index in [1.807, 2.05) is 6.92 Å². The van der Waals surface area contributed by atoms with Gasteiger partial charge in [0.1, 0.15) is 9.84 Å². The highest BCUT2D eigenvalue weighted by Gasteiger charge is 2.50. The number of sulfone groups is 1. The fraction of sp³-hybridized carbons (Fsp3) is 1.00.